The minimum Gasteiger partial charge on any atom is -0.459 e. The molecule has 116 valence electrons. The van der Waals surface area contributed by atoms with Crippen LogP contribution in [0, 0.1) is 0 Å². The predicted molar refractivity (Wildman–Crippen MR) is 85.3 cm³/mol. The van der Waals surface area contributed by atoms with Gasteiger partial charge in [0.25, 0.3) is 0 Å². The Kier molecular flexibility index (Phi) is 6.17. The third-order valence-electron chi connectivity index (χ3n) is 2.97. The number of thioether (sulfide) groups is 1. The van der Waals surface area contributed by atoms with E-state index < -0.39 is 5.60 Å². The fourth-order valence-electron chi connectivity index (χ4n) is 2.00. The minimum atomic E-state index is -0.455. The third-order valence-corrected chi connectivity index (χ3v) is 4.51. The topological polar surface area (TPSA) is 62.7 Å². The first-order chi connectivity index (χ1) is 9.24. The number of esters is 1. The number of guanidine groups is 1. The number of rotatable bonds is 4. The molecule has 0 bridgehead atoms. The first kappa shape index (κ1) is 17.1. The summed E-state index contributed by atoms with van der Waals surface area (Å²) in [7, 11) is 1.70. The van der Waals surface area contributed by atoms with Crippen molar-refractivity contribution >= 4 is 23.7 Å². The van der Waals surface area contributed by atoms with Gasteiger partial charge in [0.05, 0.1) is 0 Å². The molecule has 6 heteroatoms. The van der Waals surface area contributed by atoms with E-state index in [2.05, 4.69) is 22.5 Å². The number of hydrogen-bond donors (Lipinski definition) is 2. The standard InChI is InChI=1S/C14H27N3O2S/c1-13(2,3)19-11(18)9-16-12(15-5)17-10-14(4)7-6-8-20-14/h6-10H2,1-5H3,(H2,15,16,17). The van der Waals surface area contributed by atoms with Crippen molar-refractivity contribution in [3.8, 4) is 0 Å². The molecule has 0 spiro atoms. The molecular weight excluding hydrogens is 274 g/mol. The largest absolute Gasteiger partial charge is 0.459 e. The summed E-state index contributed by atoms with van der Waals surface area (Å²) >= 11 is 1.99. The Morgan fingerprint density at radius 3 is 2.60 bits per heavy atom. The molecule has 1 fully saturated rings. The second-order valence-corrected chi connectivity index (χ2v) is 7.95. The van der Waals surface area contributed by atoms with Gasteiger partial charge in [0, 0.05) is 18.3 Å². The third kappa shape index (κ3) is 6.50. The second kappa shape index (κ2) is 7.20. The number of hydrogen-bond acceptors (Lipinski definition) is 4. The number of nitrogens with one attached hydrogen (secondary N) is 2. The van der Waals surface area contributed by atoms with Crippen LogP contribution in [0.5, 0.6) is 0 Å². The molecule has 1 rings (SSSR count). The first-order valence-electron chi connectivity index (χ1n) is 7.04. The van der Waals surface area contributed by atoms with Gasteiger partial charge in [0.15, 0.2) is 5.96 Å². The summed E-state index contributed by atoms with van der Waals surface area (Å²) in [5, 5.41) is 6.27. The molecule has 1 atom stereocenters. The summed E-state index contributed by atoms with van der Waals surface area (Å²) in [6, 6.07) is 0. The average Bonchev–Trinajstić information content (AvgIpc) is 2.74. The lowest BCUT2D eigenvalue weighted by Gasteiger charge is -2.24. The monoisotopic (exact) mass is 301 g/mol. The van der Waals surface area contributed by atoms with Gasteiger partial charge in [-0.25, -0.2) is 0 Å². The molecule has 0 aromatic heterocycles. The zero-order chi connectivity index (χ0) is 15.2. The van der Waals surface area contributed by atoms with Gasteiger partial charge in [-0.2, -0.15) is 11.8 Å². The van der Waals surface area contributed by atoms with Crippen molar-refractivity contribution in [2.24, 2.45) is 4.99 Å². The van der Waals surface area contributed by atoms with Gasteiger partial charge >= 0.3 is 5.97 Å². The van der Waals surface area contributed by atoms with E-state index in [0.717, 1.165) is 6.54 Å². The van der Waals surface area contributed by atoms with Crippen molar-refractivity contribution in [3.05, 3.63) is 0 Å². The molecule has 1 aliphatic rings. The molecule has 0 aromatic carbocycles. The summed E-state index contributed by atoms with van der Waals surface area (Å²) in [5.41, 5.74) is -0.455. The van der Waals surface area contributed by atoms with Crippen molar-refractivity contribution in [2.75, 3.05) is 25.9 Å². The van der Waals surface area contributed by atoms with Crippen molar-refractivity contribution in [1.82, 2.24) is 10.6 Å². The van der Waals surface area contributed by atoms with Crippen LogP contribution in [0.1, 0.15) is 40.5 Å². The molecule has 0 aliphatic carbocycles. The van der Waals surface area contributed by atoms with Crippen LogP contribution in [0.2, 0.25) is 0 Å². The van der Waals surface area contributed by atoms with E-state index in [0.29, 0.717) is 5.96 Å². The Hall–Kier alpha value is -0.910. The van der Waals surface area contributed by atoms with Crippen LogP contribution in [0.25, 0.3) is 0 Å². The smallest absolute Gasteiger partial charge is 0.325 e. The summed E-state index contributed by atoms with van der Waals surface area (Å²) in [4.78, 5) is 15.8. The molecule has 20 heavy (non-hydrogen) atoms. The average molecular weight is 301 g/mol. The molecule has 0 saturated carbocycles. The normalized spacial score (nSPS) is 23.6. The maximum Gasteiger partial charge on any atom is 0.325 e. The fraction of sp³-hybridized carbons (Fsp3) is 0.857. The van der Waals surface area contributed by atoms with E-state index in [1.54, 1.807) is 7.05 Å². The van der Waals surface area contributed by atoms with E-state index in [9.17, 15) is 4.79 Å². The maximum absolute atomic E-state index is 11.6. The molecule has 0 aromatic rings. The molecule has 2 N–H and O–H groups in total. The number of nitrogens with zero attached hydrogens (tertiary/aromatic N) is 1. The summed E-state index contributed by atoms with van der Waals surface area (Å²) in [6.45, 7) is 8.81. The highest BCUT2D eigenvalue weighted by Gasteiger charge is 2.29. The first-order valence-corrected chi connectivity index (χ1v) is 8.03. The van der Waals surface area contributed by atoms with Gasteiger partial charge in [-0.15, -0.1) is 0 Å². The highest BCUT2D eigenvalue weighted by molar-refractivity contribution is 8.00. The highest BCUT2D eigenvalue weighted by atomic mass is 32.2. The van der Waals surface area contributed by atoms with Gasteiger partial charge in [-0.3, -0.25) is 9.79 Å². The van der Waals surface area contributed by atoms with Crippen LogP contribution < -0.4 is 10.6 Å². The number of aliphatic imine (C=N–C) groups is 1. The van der Waals surface area contributed by atoms with Gasteiger partial charge in [-0.1, -0.05) is 0 Å². The van der Waals surface area contributed by atoms with Gasteiger partial charge < -0.3 is 15.4 Å². The van der Waals surface area contributed by atoms with E-state index in [1.165, 1.54) is 18.6 Å². The highest BCUT2D eigenvalue weighted by Crippen LogP contribution is 2.36. The van der Waals surface area contributed by atoms with E-state index in [-0.39, 0.29) is 17.3 Å². The summed E-state index contributed by atoms with van der Waals surface area (Å²) in [6.07, 6.45) is 2.49. The second-order valence-electron chi connectivity index (χ2n) is 6.27. The molecule has 1 heterocycles. The quantitative estimate of drug-likeness (QED) is 0.471. The Morgan fingerprint density at radius 1 is 1.40 bits per heavy atom. The number of ether oxygens (including phenoxy) is 1. The van der Waals surface area contributed by atoms with Crippen molar-refractivity contribution in [2.45, 2.75) is 50.9 Å². The van der Waals surface area contributed by atoms with Crippen molar-refractivity contribution in [1.29, 1.82) is 0 Å². The fourth-order valence-corrected chi connectivity index (χ4v) is 3.25. The lowest BCUT2D eigenvalue weighted by Crippen LogP contribution is -2.45. The van der Waals surface area contributed by atoms with Crippen molar-refractivity contribution < 1.29 is 9.53 Å². The number of carbonyl (C=O) groups is 1. The molecule has 0 amide bonds. The predicted octanol–water partition coefficient (Wildman–Crippen LogP) is 1.78. The van der Waals surface area contributed by atoms with Gasteiger partial charge in [0.1, 0.15) is 12.1 Å². The van der Waals surface area contributed by atoms with E-state index in [1.807, 2.05) is 32.5 Å². The molecule has 0 radical (unpaired) electrons. The Morgan fingerprint density at radius 2 is 2.10 bits per heavy atom. The Bertz CT molecular complexity index is 358. The van der Waals surface area contributed by atoms with E-state index in [4.69, 9.17) is 4.74 Å². The molecule has 1 aliphatic heterocycles. The van der Waals surface area contributed by atoms with Crippen LogP contribution >= 0.6 is 11.8 Å². The Balaban J connectivity index is 2.31. The maximum atomic E-state index is 11.6. The minimum absolute atomic E-state index is 0.126. The van der Waals surface area contributed by atoms with Crippen LogP contribution in [0.15, 0.2) is 4.99 Å². The lowest BCUT2D eigenvalue weighted by atomic mass is 10.1. The van der Waals surface area contributed by atoms with Gasteiger partial charge in [-0.05, 0) is 46.3 Å². The molecule has 5 nitrogen and oxygen atoms in total. The summed E-state index contributed by atoms with van der Waals surface area (Å²) in [5.74, 6) is 1.59. The van der Waals surface area contributed by atoms with Crippen LogP contribution in [-0.2, 0) is 9.53 Å². The zero-order valence-corrected chi connectivity index (χ0v) is 14.0. The van der Waals surface area contributed by atoms with Gasteiger partial charge in [0.2, 0.25) is 0 Å². The van der Waals surface area contributed by atoms with Crippen molar-refractivity contribution in [3.63, 3.8) is 0 Å². The molecule has 1 unspecified atom stereocenters. The van der Waals surface area contributed by atoms with Crippen LogP contribution in [0.3, 0.4) is 0 Å². The number of carbonyl (C=O) groups excluding carboxylic acids is 1. The SMILES string of the molecule is CN=C(NCC(=O)OC(C)(C)C)NCC1(C)CCCS1. The molecule has 1 saturated heterocycles. The van der Waals surface area contributed by atoms with Crippen LogP contribution in [-0.4, -0.2) is 48.2 Å². The Labute approximate surface area is 126 Å². The zero-order valence-electron chi connectivity index (χ0n) is 13.2. The summed E-state index contributed by atoms with van der Waals surface area (Å²) < 4.78 is 5.51. The van der Waals surface area contributed by atoms with E-state index >= 15 is 0 Å². The lowest BCUT2D eigenvalue weighted by molar-refractivity contribution is -0.153. The van der Waals surface area contributed by atoms with Crippen LogP contribution in [0.4, 0.5) is 0 Å². The molecular formula is C14H27N3O2S.